The maximum atomic E-state index is 15.5. The fourth-order valence-corrected chi connectivity index (χ4v) is 5.25. The van der Waals surface area contributed by atoms with Crippen LogP contribution in [0.15, 0.2) is 29.4 Å². The number of sulfone groups is 1. The highest BCUT2D eigenvalue weighted by molar-refractivity contribution is 7.92. The Hall–Kier alpha value is -2.24. The molecular weight excluding hydrogens is 419 g/mol. The van der Waals surface area contributed by atoms with Gasteiger partial charge in [0, 0.05) is 50.1 Å². The molecule has 0 aliphatic carbocycles. The number of hydrogen-bond donors (Lipinski definition) is 0. The van der Waals surface area contributed by atoms with Crippen LogP contribution in [-0.2, 0) is 23.1 Å². The van der Waals surface area contributed by atoms with Crippen LogP contribution in [0.3, 0.4) is 0 Å². The number of halogens is 5. The first-order chi connectivity index (χ1) is 13.3. The molecule has 1 atom stereocenters. The summed E-state index contributed by atoms with van der Waals surface area (Å²) in [5.41, 5.74) is -0.857. The van der Waals surface area contributed by atoms with Crippen LogP contribution in [0.5, 0.6) is 0 Å². The fourth-order valence-electron chi connectivity index (χ4n) is 3.51. The molecule has 1 aliphatic rings. The number of pyridine rings is 1. The van der Waals surface area contributed by atoms with Crippen molar-refractivity contribution in [3.8, 4) is 0 Å². The minimum atomic E-state index is -4.84. The van der Waals surface area contributed by atoms with Crippen molar-refractivity contribution in [2.75, 3.05) is 18.0 Å². The van der Waals surface area contributed by atoms with Crippen LogP contribution in [0.1, 0.15) is 25.5 Å². The average Bonchev–Trinajstić information content (AvgIpc) is 3.04. The van der Waals surface area contributed by atoms with Crippen molar-refractivity contribution in [2.24, 2.45) is 13.0 Å². The largest absolute Gasteiger partial charge is 0.435 e. The number of hydrogen-bond acceptors (Lipinski definition) is 5. The molecule has 0 amide bonds. The summed E-state index contributed by atoms with van der Waals surface area (Å²) in [6, 6.07) is 3.16. The monoisotopic (exact) mass is 438 g/mol. The molecule has 1 unspecified atom stereocenters. The molecule has 2 aromatic rings. The van der Waals surface area contributed by atoms with Gasteiger partial charge in [0.25, 0.3) is 0 Å². The van der Waals surface area contributed by atoms with E-state index in [0.29, 0.717) is 16.4 Å². The van der Waals surface area contributed by atoms with Crippen LogP contribution >= 0.6 is 0 Å². The smallest absolute Gasteiger partial charge is 0.371 e. The maximum Gasteiger partial charge on any atom is 0.435 e. The van der Waals surface area contributed by atoms with Crippen LogP contribution in [0, 0.1) is 11.9 Å². The predicted octanol–water partition coefficient (Wildman–Crippen LogP) is 3.35. The van der Waals surface area contributed by atoms with Crippen molar-refractivity contribution in [1.82, 2.24) is 14.8 Å². The lowest BCUT2D eigenvalue weighted by molar-refractivity contribution is -0.141. The van der Waals surface area contributed by atoms with E-state index >= 15 is 4.39 Å². The van der Waals surface area contributed by atoms with Gasteiger partial charge in [0.1, 0.15) is 0 Å². The summed E-state index contributed by atoms with van der Waals surface area (Å²) in [6.45, 7) is 1.40. The molecule has 160 valence electrons. The summed E-state index contributed by atoms with van der Waals surface area (Å²) < 4.78 is 93.6. The van der Waals surface area contributed by atoms with E-state index in [9.17, 15) is 26.0 Å². The van der Waals surface area contributed by atoms with Gasteiger partial charge in [0.2, 0.25) is 20.8 Å². The van der Waals surface area contributed by atoms with Gasteiger partial charge < -0.3 is 4.90 Å². The maximum absolute atomic E-state index is 15.5. The number of aryl methyl sites for hydroxylation is 1. The van der Waals surface area contributed by atoms with Gasteiger partial charge in [-0.15, -0.1) is 0 Å². The normalized spacial score (nSPS) is 18.7. The molecule has 0 aromatic carbocycles. The van der Waals surface area contributed by atoms with E-state index in [1.165, 1.54) is 12.3 Å². The first kappa shape index (κ1) is 21.5. The Morgan fingerprint density at radius 3 is 2.28 bits per heavy atom. The molecule has 29 heavy (non-hydrogen) atoms. The van der Waals surface area contributed by atoms with Gasteiger partial charge in [-0.3, -0.25) is 4.68 Å². The zero-order valence-corrected chi connectivity index (χ0v) is 16.4. The molecule has 6 nitrogen and oxygen atoms in total. The van der Waals surface area contributed by atoms with E-state index in [-0.39, 0.29) is 25.9 Å². The number of anilines is 1. The molecule has 0 radical (unpaired) electrons. The van der Waals surface area contributed by atoms with Gasteiger partial charge in [-0.2, -0.15) is 22.7 Å². The van der Waals surface area contributed by atoms with Crippen molar-refractivity contribution < 1.29 is 30.4 Å². The average molecular weight is 438 g/mol. The minimum Gasteiger partial charge on any atom is -0.371 e. The highest BCUT2D eigenvalue weighted by Gasteiger charge is 2.50. The summed E-state index contributed by atoms with van der Waals surface area (Å²) in [5.74, 6) is -1.61. The first-order valence-electron chi connectivity index (χ1n) is 8.75. The Bertz CT molecular complexity index is 995. The molecule has 3 heterocycles. The van der Waals surface area contributed by atoms with E-state index in [1.807, 2.05) is 0 Å². The second kappa shape index (κ2) is 7.22. The van der Waals surface area contributed by atoms with E-state index in [0.717, 1.165) is 14.0 Å². The standard InChI is InChI=1S/C17H19F5N4O2S/c1-16(19,29(27,28)15-10-13(17(20,21)22)24-25(15)2)11-4-7-26(8-5-11)12-3-6-23-14(18)9-12/h3,6,9-11H,4-5,7-8H2,1-2H3. The van der Waals surface area contributed by atoms with E-state index in [2.05, 4.69) is 10.1 Å². The Morgan fingerprint density at radius 1 is 1.14 bits per heavy atom. The summed E-state index contributed by atoms with van der Waals surface area (Å²) >= 11 is 0. The second-order valence-electron chi connectivity index (χ2n) is 7.08. The summed E-state index contributed by atoms with van der Waals surface area (Å²) in [6.07, 6.45) is -3.30. The zero-order chi connectivity index (χ0) is 21.6. The van der Waals surface area contributed by atoms with Crippen molar-refractivity contribution >= 4 is 15.5 Å². The fraction of sp³-hybridized carbons (Fsp3) is 0.529. The third-order valence-electron chi connectivity index (χ3n) is 5.23. The molecule has 1 saturated heterocycles. The van der Waals surface area contributed by atoms with Crippen molar-refractivity contribution in [3.05, 3.63) is 36.0 Å². The van der Waals surface area contributed by atoms with Crippen LogP contribution < -0.4 is 4.90 Å². The van der Waals surface area contributed by atoms with Gasteiger partial charge in [-0.1, -0.05) is 0 Å². The third-order valence-corrected chi connectivity index (χ3v) is 7.54. The number of aromatic nitrogens is 3. The van der Waals surface area contributed by atoms with Crippen LogP contribution in [0.4, 0.5) is 27.6 Å². The number of piperidine rings is 1. The predicted molar refractivity (Wildman–Crippen MR) is 94.0 cm³/mol. The quantitative estimate of drug-likeness (QED) is 0.541. The highest BCUT2D eigenvalue weighted by atomic mass is 32.2. The van der Waals surface area contributed by atoms with Crippen LogP contribution in [0.25, 0.3) is 0 Å². The number of nitrogens with zero attached hydrogens (tertiary/aromatic N) is 4. The van der Waals surface area contributed by atoms with Crippen LogP contribution in [0.2, 0.25) is 0 Å². The van der Waals surface area contributed by atoms with Crippen molar-refractivity contribution in [1.29, 1.82) is 0 Å². The SMILES string of the molecule is Cn1nc(C(F)(F)F)cc1S(=O)(=O)C(C)(F)C1CCN(c2ccnc(F)c2)CC1. The van der Waals surface area contributed by atoms with Gasteiger partial charge in [-0.25, -0.2) is 17.8 Å². The zero-order valence-electron chi connectivity index (χ0n) is 15.6. The molecule has 3 rings (SSSR count). The van der Waals surface area contributed by atoms with E-state index in [4.69, 9.17) is 0 Å². The molecule has 0 spiro atoms. The molecule has 1 fully saturated rings. The lowest BCUT2D eigenvalue weighted by Gasteiger charge is -2.38. The third kappa shape index (κ3) is 3.94. The Balaban J connectivity index is 1.81. The molecule has 1 aliphatic heterocycles. The summed E-state index contributed by atoms with van der Waals surface area (Å²) in [5, 5.41) is -0.455. The van der Waals surface area contributed by atoms with Gasteiger partial charge in [-0.05, 0) is 25.8 Å². The molecule has 0 N–H and O–H groups in total. The van der Waals surface area contributed by atoms with Gasteiger partial charge >= 0.3 is 6.18 Å². The molecule has 2 aromatic heterocycles. The number of alkyl halides is 4. The summed E-state index contributed by atoms with van der Waals surface area (Å²) in [4.78, 5) is 5.23. The van der Waals surface area contributed by atoms with E-state index in [1.54, 1.807) is 11.0 Å². The second-order valence-corrected chi connectivity index (χ2v) is 9.30. The summed E-state index contributed by atoms with van der Waals surface area (Å²) in [7, 11) is -3.73. The first-order valence-corrected chi connectivity index (χ1v) is 10.2. The topological polar surface area (TPSA) is 68.1 Å². The Morgan fingerprint density at radius 2 is 1.76 bits per heavy atom. The Kier molecular flexibility index (Phi) is 5.35. The van der Waals surface area contributed by atoms with E-state index < -0.39 is 43.6 Å². The molecule has 0 bridgehead atoms. The molecular formula is C17H19F5N4O2S. The minimum absolute atomic E-state index is 0.125. The Labute approximate surface area is 164 Å². The van der Waals surface area contributed by atoms with Gasteiger partial charge in [0.05, 0.1) is 0 Å². The lowest BCUT2D eigenvalue weighted by Crippen LogP contribution is -2.46. The molecule has 12 heteroatoms. The number of rotatable bonds is 4. The highest BCUT2D eigenvalue weighted by Crippen LogP contribution is 2.41. The van der Waals surface area contributed by atoms with Crippen molar-refractivity contribution in [3.63, 3.8) is 0 Å². The van der Waals surface area contributed by atoms with Crippen LogP contribution in [-0.4, -0.2) is 41.3 Å². The lowest BCUT2D eigenvalue weighted by atomic mass is 9.92. The van der Waals surface area contributed by atoms with Crippen molar-refractivity contribution in [2.45, 2.75) is 36.0 Å². The van der Waals surface area contributed by atoms with Gasteiger partial charge in [0.15, 0.2) is 10.7 Å². The molecule has 0 saturated carbocycles.